The topological polar surface area (TPSA) is 33.1 Å². The molecule has 102 valence electrons. The first-order valence-electron chi connectivity index (χ1n) is 7.34. The predicted molar refractivity (Wildman–Crippen MR) is 74.6 cm³/mol. The van der Waals surface area contributed by atoms with E-state index >= 15 is 0 Å². The number of nitrogens with one attached hydrogen (secondary N) is 1. The molecular formula is C14H26N4. The summed E-state index contributed by atoms with van der Waals surface area (Å²) in [7, 11) is 0. The second kappa shape index (κ2) is 8.27. The molecule has 0 aromatic carbocycles. The Bertz CT molecular complexity index is 291. The van der Waals surface area contributed by atoms with Crippen LogP contribution < -0.4 is 5.32 Å². The summed E-state index contributed by atoms with van der Waals surface area (Å²) >= 11 is 0. The van der Waals surface area contributed by atoms with Crippen LogP contribution >= 0.6 is 0 Å². The van der Waals surface area contributed by atoms with Crippen molar-refractivity contribution in [1.29, 1.82) is 0 Å². The number of imidazole rings is 1. The average molecular weight is 250 g/mol. The van der Waals surface area contributed by atoms with E-state index in [1.807, 2.05) is 18.7 Å². The van der Waals surface area contributed by atoms with Crippen molar-refractivity contribution in [1.82, 2.24) is 19.8 Å². The second-order valence-corrected chi connectivity index (χ2v) is 5.16. The van der Waals surface area contributed by atoms with Crippen LogP contribution in [0.2, 0.25) is 0 Å². The van der Waals surface area contributed by atoms with Crippen molar-refractivity contribution in [3.05, 3.63) is 18.7 Å². The standard InChI is InChI=1S/C14H26N4/c1(2-11-18-13-8-16-14-18)6-15-7-5-12-17-9-3-4-10-17/h8,13-15H,1-7,9-12H2. The third-order valence-electron chi connectivity index (χ3n) is 3.61. The van der Waals surface area contributed by atoms with E-state index < -0.39 is 0 Å². The smallest absolute Gasteiger partial charge is 0.0945 e. The summed E-state index contributed by atoms with van der Waals surface area (Å²) in [5.74, 6) is 0. The maximum atomic E-state index is 4.04. The summed E-state index contributed by atoms with van der Waals surface area (Å²) in [6.07, 6.45) is 12.4. The van der Waals surface area contributed by atoms with Crippen molar-refractivity contribution in [2.75, 3.05) is 32.7 Å². The van der Waals surface area contributed by atoms with Gasteiger partial charge >= 0.3 is 0 Å². The quantitative estimate of drug-likeness (QED) is 0.678. The number of likely N-dealkylation sites (tertiary alicyclic amines) is 1. The number of aromatic nitrogens is 2. The molecule has 2 heterocycles. The first-order valence-corrected chi connectivity index (χ1v) is 7.34. The lowest BCUT2D eigenvalue weighted by Gasteiger charge is -2.14. The fraction of sp³-hybridized carbons (Fsp3) is 0.786. The molecule has 0 saturated carbocycles. The molecule has 1 fully saturated rings. The highest BCUT2D eigenvalue weighted by molar-refractivity contribution is 4.73. The number of aryl methyl sites for hydroxylation is 1. The zero-order valence-corrected chi connectivity index (χ0v) is 11.4. The highest BCUT2D eigenvalue weighted by Gasteiger charge is 2.09. The molecule has 1 N–H and O–H groups in total. The predicted octanol–water partition coefficient (Wildman–Crippen LogP) is 1.74. The van der Waals surface area contributed by atoms with E-state index in [0.717, 1.165) is 13.1 Å². The van der Waals surface area contributed by atoms with Crippen molar-refractivity contribution >= 4 is 0 Å². The zero-order chi connectivity index (χ0) is 12.5. The van der Waals surface area contributed by atoms with E-state index in [9.17, 15) is 0 Å². The Morgan fingerprint density at radius 2 is 1.83 bits per heavy atom. The third-order valence-corrected chi connectivity index (χ3v) is 3.61. The maximum Gasteiger partial charge on any atom is 0.0945 e. The molecule has 1 aromatic rings. The molecule has 1 aliphatic heterocycles. The number of hydrogen-bond acceptors (Lipinski definition) is 3. The molecule has 0 bridgehead atoms. The first kappa shape index (κ1) is 13.6. The summed E-state index contributed by atoms with van der Waals surface area (Å²) in [4.78, 5) is 6.63. The molecule has 1 aromatic heterocycles. The van der Waals surface area contributed by atoms with Gasteiger partial charge in [0.25, 0.3) is 0 Å². The van der Waals surface area contributed by atoms with E-state index in [-0.39, 0.29) is 0 Å². The summed E-state index contributed by atoms with van der Waals surface area (Å²) in [5, 5.41) is 3.54. The summed E-state index contributed by atoms with van der Waals surface area (Å²) in [6.45, 7) is 7.34. The molecule has 0 spiro atoms. The SMILES string of the molecule is c1cn(CCCCNCCCN2CCCC2)cn1. The molecule has 4 nitrogen and oxygen atoms in total. The third kappa shape index (κ3) is 5.19. The largest absolute Gasteiger partial charge is 0.337 e. The molecule has 2 rings (SSSR count). The minimum Gasteiger partial charge on any atom is -0.337 e. The van der Waals surface area contributed by atoms with Crippen LogP contribution in [0.5, 0.6) is 0 Å². The fourth-order valence-corrected chi connectivity index (χ4v) is 2.52. The van der Waals surface area contributed by atoms with Crippen molar-refractivity contribution in [2.45, 2.75) is 38.6 Å². The Hall–Kier alpha value is -0.870. The number of unbranched alkanes of at least 4 members (excludes halogenated alkanes) is 1. The van der Waals surface area contributed by atoms with Crippen LogP contribution in [-0.4, -0.2) is 47.2 Å². The lowest BCUT2D eigenvalue weighted by atomic mass is 10.3. The maximum absolute atomic E-state index is 4.04. The van der Waals surface area contributed by atoms with Crippen LogP contribution in [0, 0.1) is 0 Å². The van der Waals surface area contributed by atoms with Crippen molar-refractivity contribution in [2.24, 2.45) is 0 Å². The molecular weight excluding hydrogens is 224 g/mol. The Labute approximate surface area is 110 Å². The van der Waals surface area contributed by atoms with Gasteiger partial charge in [-0.15, -0.1) is 0 Å². The van der Waals surface area contributed by atoms with E-state index in [4.69, 9.17) is 0 Å². The van der Waals surface area contributed by atoms with E-state index in [1.54, 1.807) is 0 Å². The summed E-state index contributed by atoms with van der Waals surface area (Å²) in [5.41, 5.74) is 0. The van der Waals surface area contributed by atoms with E-state index in [0.29, 0.717) is 0 Å². The van der Waals surface area contributed by atoms with Gasteiger partial charge in [0, 0.05) is 18.9 Å². The van der Waals surface area contributed by atoms with Gasteiger partial charge in [0.2, 0.25) is 0 Å². The van der Waals surface area contributed by atoms with Gasteiger partial charge < -0.3 is 14.8 Å². The number of hydrogen-bond donors (Lipinski definition) is 1. The fourth-order valence-electron chi connectivity index (χ4n) is 2.52. The second-order valence-electron chi connectivity index (χ2n) is 5.16. The highest BCUT2D eigenvalue weighted by Crippen LogP contribution is 2.06. The Kier molecular flexibility index (Phi) is 6.23. The molecule has 0 amide bonds. The van der Waals surface area contributed by atoms with Gasteiger partial charge in [-0.05, 0) is 64.8 Å². The Morgan fingerprint density at radius 1 is 1.00 bits per heavy atom. The molecule has 1 aliphatic rings. The average Bonchev–Trinajstić information content (AvgIpc) is 3.05. The molecule has 0 unspecified atom stereocenters. The van der Waals surface area contributed by atoms with Crippen LogP contribution in [0.1, 0.15) is 32.1 Å². The Morgan fingerprint density at radius 3 is 2.61 bits per heavy atom. The minimum atomic E-state index is 1.09. The first-order chi connectivity index (χ1) is 8.95. The monoisotopic (exact) mass is 250 g/mol. The van der Waals surface area contributed by atoms with Gasteiger partial charge in [-0.3, -0.25) is 0 Å². The Balaban J connectivity index is 1.35. The summed E-state index contributed by atoms with van der Waals surface area (Å²) in [6, 6.07) is 0. The van der Waals surface area contributed by atoms with Crippen molar-refractivity contribution in [3.63, 3.8) is 0 Å². The van der Waals surface area contributed by atoms with Crippen molar-refractivity contribution in [3.8, 4) is 0 Å². The molecule has 1 saturated heterocycles. The van der Waals surface area contributed by atoms with E-state index in [1.165, 1.54) is 58.3 Å². The van der Waals surface area contributed by atoms with Gasteiger partial charge in [0.1, 0.15) is 0 Å². The molecule has 0 aliphatic carbocycles. The minimum absolute atomic E-state index is 1.09. The van der Waals surface area contributed by atoms with Crippen LogP contribution in [-0.2, 0) is 6.54 Å². The van der Waals surface area contributed by atoms with Crippen LogP contribution in [0.25, 0.3) is 0 Å². The number of rotatable bonds is 9. The van der Waals surface area contributed by atoms with Gasteiger partial charge in [-0.25, -0.2) is 4.98 Å². The molecule has 18 heavy (non-hydrogen) atoms. The zero-order valence-electron chi connectivity index (χ0n) is 11.4. The van der Waals surface area contributed by atoms with Gasteiger partial charge in [0.15, 0.2) is 0 Å². The lowest BCUT2D eigenvalue weighted by molar-refractivity contribution is 0.331. The number of nitrogens with zero attached hydrogens (tertiary/aromatic N) is 3. The molecule has 0 atom stereocenters. The lowest BCUT2D eigenvalue weighted by Crippen LogP contribution is -2.25. The van der Waals surface area contributed by atoms with Crippen molar-refractivity contribution < 1.29 is 0 Å². The normalized spacial score (nSPS) is 16.4. The summed E-state index contributed by atoms with van der Waals surface area (Å²) < 4.78 is 2.15. The molecule has 4 heteroatoms. The van der Waals surface area contributed by atoms with E-state index in [2.05, 4.69) is 19.8 Å². The van der Waals surface area contributed by atoms with Gasteiger partial charge in [-0.1, -0.05) is 0 Å². The highest BCUT2D eigenvalue weighted by atomic mass is 15.1. The van der Waals surface area contributed by atoms with Crippen LogP contribution in [0.4, 0.5) is 0 Å². The van der Waals surface area contributed by atoms with Gasteiger partial charge in [-0.2, -0.15) is 0 Å². The van der Waals surface area contributed by atoms with Gasteiger partial charge in [0.05, 0.1) is 6.33 Å². The van der Waals surface area contributed by atoms with Crippen LogP contribution in [0.3, 0.4) is 0 Å². The molecule has 0 radical (unpaired) electrons. The van der Waals surface area contributed by atoms with Crippen LogP contribution in [0.15, 0.2) is 18.7 Å².